The minimum Gasteiger partial charge on any atom is -0.391 e. The van der Waals surface area contributed by atoms with Gasteiger partial charge in [-0.1, -0.05) is 25.2 Å². The first-order valence-electron chi connectivity index (χ1n) is 6.47. The van der Waals surface area contributed by atoms with Gasteiger partial charge in [-0.2, -0.15) is 0 Å². The lowest BCUT2D eigenvalue weighted by molar-refractivity contribution is 0.179. The van der Waals surface area contributed by atoms with Crippen molar-refractivity contribution >= 4 is 16.5 Å². The molecule has 1 aromatic heterocycles. The number of hydrogen-bond donors (Lipinski definition) is 1. The molecule has 0 radical (unpaired) electrons. The average Bonchev–Trinajstić information content (AvgIpc) is 2.71. The number of aliphatic hydroxyl groups excluding tert-OH is 1. The summed E-state index contributed by atoms with van der Waals surface area (Å²) in [6, 6.07) is 0. The summed E-state index contributed by atoms with van der Waals surface area (Å²) in [5.74, 6) is 1.42. The van der Waals surface area contributed by atoms with Crippen molar-refractivity contribution in [3.63, 3.8) is 0 Å². The Hall–Kier alpha value is -0.650. The van der Waals surface area contributed by atoms with E-state index >= 15 is 0 Å². The van der Waals surface area contributed by atoms with Crippen LogP contribution in [0, 0.1) is 11.8 Å². The molecule has 0 aliphatic carbocycles. The lowest BCUT2D eigenvalue weighted by Crippen LogP contribution is -2.38. The summed E-state index contributed by atoms with van der Waals surface area (Å²) >= 11 is 1.59. The molecule has 102 valence electrons. The Kier molecular flexibility index (Phi) is 4.59. The molecular formula is C13H22N2O2S. The number of methoxy groups -OCH3 is 1. The van der Waals surface area contributed by atoms with E-state index in [0.717, 1.165) is 28.8 Å². The highest BCUT2D eigenvalue weighted by molar-refractivity contribution is 7.15. The Labute approximate surface area is 113 Å². The predicted octanol–water partition coefficient (Wildman–Crippen LogP) is 2.26. The van der Waals surface area contributed by atoms with Crippen molar-refractivity contribution in [2.24, 2.45) is 11.8 Å². The van der Waals surface area contributed by atoms with Crippen LogP contribution in [0.4, 0.5) is 5.13 Å². The molecule has 0 bridgehead atoms. The van der Waals surface area contributed by atoms with E-state index in [4.69, 9.17) is 4.74 Å². The number of hydrogen-bond acceptors (Lipinski definition) is 5. The Morgan fingerprint density at radius 3 is 2.61 bits per heavy atom. The summed E-state index contributed by atoms with van der Waals surface area (Å²) in [5.41, 5.74) is 0.880. The van der Waals surface area contributed by atoms with Gasteiger partial charge in [0.2, 0.25) is 0 Å². The summed E-state index contributed by atoms with van der Waals surface area (Å²) in [4.78, 5) is 7.90. The fourth-order valence-electron chi connectivity index (χ4n) is 2.70. The molecule has 5 heteroatoms. The lowest BCUT2D eigenvalue weighted by atomic mass is 9.92. The van der Waals surface area contributed by atoms with Gasteiger partial charge in [0.1, 0.15) is 0 Å². The Morgan fingerprint density at radius 2 is 2.06 bits per heavy atom. The van der Waals surface area contributed by atoms with E-state index in [9.17, 15) is 5.11 Å². The summed E-state index contributed by atoms with van der Waals surface area (Å²) in [7, 11) is 1.66. The smallest absolute Gasteiger partial charge is 0.185 e. The minimum absolute atomic E-state index is 0.0509. The molecule has 1 aliphatic rings. The van der Waals surface area contributed by atoms with Crippen molar-refractivity contribution in [1.82, 2.24) is 4.98 Å². The predicted molar refractivity (Wildman–Crippen MR) is 73.9 cm³/mol. The van der Waals surface area contributed by atoms with Gasteiger partial charge in [-0.15, -0.1) is 0 Å². The first kappa shape index (κ1) is 13.8. The zero-order valence-electron chi connectivity index (χ0n) is 11.3. The number of rotatable bonds is 4. The zero-order chi connectivity index (χ0) is 13.1. The molecule has 1 saturated heterocycles. The molecule has 4 nitrogen and oxygen atoms in total. The van der Waals surface area contributed by atoms with E-state index in [1.807, 2.05) is 0 Å². The largest absolute Gasteiger partial charge is 0.391 e. The zero-order valence-corrected chi connectivity index (χ0v) is 12.2. The normalized spacial score (nSPS) is 24.6. The van der Waals surface area contributed by atoms with Crippen molar-refractivity contribution in [3.05, 3.63) is 10.6 Å². The van der Waals surface area contributed by atoms with E-state index in [1.54, 1.807) is 18.4 Å². The second-order valence-electron chi connectivity index (χ2n) is 5.31. The highest BCUT2D eigenvalue weighted by atomic mass is 32.1. The number of piperidine rings is 1. The van der Waals surface area contributed by atoms with Crippen molar-refractivity contribution in [1.29, 1.82) is 0 Å². The number of aromatic nitrogens is 1. The van der Waals surface area contributed by atoms with Gasteiger partial charge in [0, 0.05) is 20.2 Å². The van der Waals surface area contributed by atoms with Crippen LogP contribution < -0.4 is 4.90 Å². The van der Waals surface area contributed by atoms with Gasteiger partial charge in [-0.05, 0) is 18.3 Å². The van der Waals surface area contributed by atoms with Crippen LogP contribution in [0.15, 0.2) is 0 Å². The molecule has 0 amide bonds. The molecule has 2 rings (SSSR count). The number of ether oxygens (including phenoxy) is 1. The van der Waals surface area contributed by atoms with Crippen LogP contribution in [-0.2, 0) is 18.0 Å². The second kappa shape index (κ2) is 5.99. The number of nitrogens with zero attached hydrogens (tertiary/aromatic N) is 2. The molecule has 2 unspecified atom stereocenters. The van der Waals surface area contributed by atoms with E-state index in [0.29, 0.717) is 18.4 Å². The molecule has 18 heavy (non-hydrogen) atoms. The Bertz CT molecular complexity index is 384. The van der Waals surface area contributed by atoms with Crippen LogP contribution in [0.1, 0.15) is 30.8 Å². The maximum atomic E-state index is 9.36. The topological polar surface area (TPSA) is 45.6 Å². The second-order valence-corrected chi connectivity index (χ2v) is 6.37. The third kappa shape index (κ3) is 3.02. The van der Waals surface area contributed by atoms with E-state index in [-0.39, 0.29) is 6.61 Å². The van der Waals surface area contributed by atoms with Crippen LogP contribution in [0.5, 0.6) is 0 Å². The van der Waals surface area contributed by atoms with E-state index in [2.05, 4.69) is 23.7 Å². The van der Waals surface area contributed by atoms with Gasteiger partial charge in [0.15, 0.2) is 5.13 Å². The number of thiazole rings is 1. The quantitative estimate of drug-likeness (QED) is 0.911. The summed E-state index contributed by atoms with van der Waals surface area (Å²) in [6.07, 6.45) is 1.29. The molecular weight excluding hydrogens is 248 g/mol. The van der Waals surface area contributed by atoms with Crippen molar-refractivity contribution in [2.45, 2.75) is 33.5 Å². The first-order valence-corrected chi connectivity index (χ1v) is 7.29. The van der Waals surface area contributed by atoms with Crippen LogP contribution in [0.25, 0.3) is 0 Å². The third-order valence-electron chi connectivity index (χ3n) is 3.33. The molecule has 1 fully saturated rings. The van der Waals surface area contributed by atoms with Crippen molar-refractivity contribution in [2.75, 3.05) is 25.1 Å². The van der Waals surface area contributed by atoms with Crippen LogP contribution in [0.3, 0.4) is 0 Å². The summed E-state index contributed by atoms with van der Waals surface area (Å²) in [5, 5.41) is 10.4. The molecule has 0 spiro atoms. The molecule has 0 aromatic carbocycles. The van der Waals surface area contributed by atoms with Gasteiger partial charge >= 0.3 is 0 Å². The van der Waals surface area contributed by atoms with Gasteiger partial charge < -0.3 is 14.7 Å². The third-order valence-corrected chi connectivity index (χ3v) is 4.47. The van der Waals surface area contributed by atoms with Gasteiger partial charge in [0.05, 0.1) is 23.8 Å². The number of aliphatic hydroxyl groups is 1. The Morgan fingerprint density at radius 1 is 1.39 bits per heavy atom. The van der Waals surface area contributed by atoms with Crippen molar-refractivity contribution in [3.8, 4) is 0 Å². The van der Waals surface area contributed by atoms with Gasteiger partial charge in [-0.3, -0.25) is 0 Å². The lowest BCUT2D eigenvalue weighted by Gasteiger charge is -2.34. The highest BCUT2D eigenvalue weighted by Crippen LogP contribution is 2.31. The summed E-state index contributed by atoms with van der Waals surface area (Å²) in [6.45, 7) is 7.24. The molecule has 0 saturated carbocycles. The summed E-state index contributed by atoms with van der Waals surface area (Å²) < 4.78 is 5.13. The molecule has 1 aromatic rings. The van der Waals surface area contributed by atoms with Crippen LogP contribution in [-0.4, -0.2) is 30.3 Å². The highest BCUT2D eigenvalue weighted by Gasteiger charge is 2.24. The van der Waals surface area contributed by atoms with Gasteiger partial charge in [0.25, 0.3) is 0 Å². The Balaban J connectivity index is 2.17. The maximum Gasteiger partial charge on any atom is 0.185 e. The average molecular weight is 270 g/mol. The minimum atomic E-state index is 0.0509. The molecule has 2 heterocycles. The van der Waals surface area contributed by atoms with E-state index < -0.39 is 0 Å². The first-order chi connectivity index (χ1) is 8.63. The number of anilines is 1. The van der Waals surface area contributed by atoms with Crippen LogP contribution >= 0.6 is 11.3 Å². The van der Waals surface area contributed by atoms with E-state index in [1.165, 1.54) is 6.42 Å². The molecule has 1 N–H and O–H groups in total. The van der Waals surface area contributed by atoms with Crippen molar-refractivity contribution < 1.29 is 9.84 Å². The molecule has 1 aliphatic heterocycles. The molecule has 2 atom stereocenters. The maximum absolute atomic E-state index is 9.36. The fraction of sp³-hybridized carbons (Fsp3) is 0.769. The van der Waals surface area contributed by atoms with Crippen LogP contribution in [0.2, 0.25) is 0 Å². The standard InChI is InChI=1S/C13H22N2O2S/c1-9-4-10(2)6-15(5-9)13-14-11(8-17-3)12(7-16)18-13/h9-10,16H,4-8H2,1-3H3. The fourth-order valence-corrected chi connectivity index (χ4v) is 3.64. The SMILES string of the molecule is COCc1nc(N2CC(C)CC(C)C2)sc1CO. The van der Waals surface area contributed by atoms with Gasteiger partial charge in [-0.25, -0.2) is 4.98 Å². The monoisotopic (exact) mass is 270 g/mol.